The first kappa shape index (κ1) is 59.8. The van der Waals surface area contributed by atoms with E-state index in [9.17, 15) is 40.2 Å². The van der Waals surface area contributed by atoms with Crippen molar-refractivity contribution < 1.29 is 130 Å². The van der Waals surface area contributed by atoms with Gasteiger partial charge in [-0.05, 0) is 59.7 Å². The molecule has 75 heavy (non-hydrogen) atoms. The molecular formula is C46H43N7O21Sm+3. The number of nitrogens with zero attached hydrogens (tertiary/aromatic N) is 5. The first-order valence-electron chi connectivity index (χ1n) is 20.7. The average molecular weight is 1180 g/mol. The van der Waals surface area contributed by atoms with Crippen molar-refractivity contribution in [2.45, 2.75) is 25.0 Å². The summed E-state index contributed by atoms with van der Waals surface area (Å²) in [6, 6.07) is 32.0. The van der Waals surface area contributed by atoms with Crippen molar-refractivity contribution in [2.24, 2.45) is 10.2 Å². The Hall–Kier alpha value is -9.46. The molecule has 2 amide bonds. The Morgan fingerprint density at radius 1 is 0.533 bits per heavy atom. The Morgan fingerprint density at radius 3 is 1.15 bits per heavy atom. The molecule has 0 aliphatic carbocycles. The molecule has 29 heteroatoms. The number of carbonyl (C=O) groups excluding carboxylic acids is 2. The predicted octanol–water partition coefficient (Wildman–Crippen LogP) is 5.90. The van der Waals surface area contributed by atoms with E-state index in [0.717, 1.165) is 0 Å². The van der Waals surface area contributed by atoms with E-state index in [2.05, 4.69) is 21.1 Å². The summed E-state index contributed by atoms with van der Waals surface area (Å²) in [6.07, 6.45) is -0.769. The van der Waals surface area contributed by atoms with Crippen LogP contribution in [0.1, 0.15) is 68.0 Å². The quantitative estimate of drug-likeness (QED) is 0.0624. The number of hydrogen-bond acceptors (Lipinski definition) is 20. The number of phenols is 6. The van der Waals surface area contributed by atoms with Crippen molar-refractivity contribution in [3.63, 3.8) is 0 Å². The number of hydrazone groups is 2. The van der Waals surface area contributed by atoms with Crippen LogP contribution in [0.3, 0.4) is 0 Å². The summed E-state index contributed by atoms with van der Waals surface area (Å²) in [5.41, 5.74) is 8.43. The van der Waals surface area contributed by atoms with Crippen molar-refractivity contribution in [1.29, 1.82) is 0 Å². The minimum Gasteiger partial charge on any atom is -0.508 e. The van der Waals surface area contributed by atoms with E-state index in [1.165, 1.54) is 50.6 Å². The maximum atomic E-state index is 12.4. The molecule has 8 rings (SSSR count). The number of amides is 2. The SMILES string of the molecule is COc1ccc(C2C/C(=N\NC(=O)c3ccccc3)c3c(O)cc(O)cc3O2)cc1O.COc1ccc(C2C/C(=N\NC(=O)c3ccccc3)c3c(O)cc(O)cc3O2)cc1O.O=[N+]([O-])O.O=[N+]([O-])O.O=[N+]([O-])O.[Sm+3]. The number of benzene rings is 6. The van der Waals surface area contributed by atoms with E-state index in [-0.39, 0.29) is 110 Å². The van der Waals surface area contributed by atoms with Gasteiger partial charge in [0.2, 0.25) is 0 Å². The Morgan fingerprint density at radius 2 is 0.853 bits per heavy atom. The van der Waals surface area contributed by atoms with Gasteiger partial charge in [-0.3, -0.25) is 9.59 Å². The summed E-state index contributed by atoms with van der Waals surface area (Å²) in [7, 11) is 2.90. The number of nitrogens with one attached hydrogen (secondary N) is 2. The monoisotopic (exact) mass is 1180 g/mol. The molecule has 391 valence electrons. The van der Waals surface area contributed by atoms with Gasteiger partial charge in [-0.1, -0.05) is 48.5 Å². The summed E-state index contributed by atoms with van der Waals surface area (Å²) in [5.74, 6) is -0.669. The second-order valence-electron chi connectivity index (χ2n) is 14.6. The summed E-state index contributed by atoms with van der Waals surface area (Å²) in [5, 5.41) is 110. The van der Waals surface area contributed by atoms with Crippen molar-refractivity contribution in [2.75, 3.05) is 14.2 Å². The second kappa shape index (κ2) is 28.5. The predicted molar refractivity (Wildman–Crippen MR) is 252 cm³/mol. The van der Waals surface area contributed by atoms with Gasteiger partial charge in [-0.15, -0.1) is 30.3 Å². The van der Waals surface area contributed by atoms with Crippen LogP contribution in [0.15, 0.2) is 132 Å². The summed E-state index contributed by atoms with van der Waals surface area (Å²) in [4.78, 5) is 49.9. The molecule has 0 fully saturated rings. The molecule has 2 unspecified atom stereocenters. The fourth-order valence-electron chi connectivity index (χ4n) is 6.82. The molecule has 11 N–H and O–H groups in total. The number of phenolic OH excluding ortho intramolecular Hbond substituents is 6. The Kier molecular flexibility index (Phi) is 22.8. The van der Waals surface area contributed by atoms with Crippen molar-refractivity contribution in [1.82, 2.24) is 10.9 Å². The van der Waals surface area contributed by atoms with E-state index in [0.29, 0.717) is 45.2 Å². The van der Waals surface area contributed by atoms with E-state index >= 15 is 0 Å². The van der Waals surface area contributed by atoms with Gasteiger partial charge >= 0.3 is 40.4 Å². The largest absolute Gasteiger partial charge is 3.00 e. The van der Waals surface area contributed by atoms with Crippen LogP contribution in [0, 0.1) is 70.7 Å². The maximum absolute atomic E-state index is 12.4. The normalized spacial score (nSPS) is 14.4. The first-order chi connectivity index (χ1) is 35.1. The Bertz CT molecular complexity index is 2810. The van der Waals surface area contributed by atoms with E-state index in [1.807, 2.05) is 0 Å². The van der Waals surface area contributed by atoms with E-state index in [1.54, 1.807) is 84.9 Å². The minimum atomic E-state index is -1.50. The third kappa shape index (κ3) is 18.0. The first-order valence-corrected chi connectivity index (χ1v) is 20.7. The molecule has 28 nitrogen and oxygen atoms in total. The van der Waals surface area contributed by atoms with Crippen LogP contribution >= 0.6 is 0 Å². The van der Waals surface area contributed by atoms with Gasteiger partial charge in [0.05, 0.1) is 36.8 Å². The van der Waals surface area contributed by atoms with Crippen molar-refractivity contribution >= 4 is 23.2 Å². The average Bonchev–Trinajstić information content (AvgIpc) is 3.34. The molecule has 2 atom stereocenters. The van der Waals surface area contributed by atoms with Gasteiger partial charge in [0.15, 0.2) is 23.0 Å². The number of hydrogen-bond donors (Lipinski definition) is 11. The number of rotatable bonds is 8. The minimum absolute atomic E-state index is 0. The number of aromatic hydroxyl groups is 6. The molecule has 0 saturated heterocycles. The maximum Gasteiger partial charge on any atom is 3.00 e. The van der Waals surface area contributed by atoms with Crippen LogP contribution in [0.4, 0.5) is 0 Å². The van der Waals surface area contributed by atoms with Crippen LogP contribution in [0.25, 0.3) is 0 Å². The van der Waals surface area contributed by atoms with Gasteiger partial charge in [-0.2, -0.15) is 10.2 Å². The van der Waals surface area contributed by atoms with Crippen LogP contribution in [0.5, 0.6) is 57.5 Å². The second-order valence-corrected chi connectivity index (χ2v) is 14.6. The van der Waals surface area contributed by atoms with Crippen LogP contribution in [-0.2, 0) is 0 Å². The number of carbonyl (C=O) groups is 2. The fraction of sp³-hybridized carbons (Fsp3) is 0.130. The zero-order valence-electron chi connectivity index (χ0n) is 38.7. The van der Waals surface area contributed by atoms with E-state index < -0.39 is 39.3 Å². The van der Waals surface area contributed by atoms with E-state index in [4.69, 9.17) is 64.9 Å². The molecule has 0 saturated carbocycles. The van der Waals surface area contributed by atoms with Gasteiger partial charge < -0.3 is 65.2 Å². The third-order valence-corrected chi connectivity index (χ3v) is 9.81. The smallest absolute Gasteiger partial charge is 0.508 e. The number of ether oxygens (including phenoxy) is 4. The topological polar surface area (TPSA) is 431 Å². The number of fused-ring (bicyclic) bond motifs is 2. The molecule has 2 aliphatic heterocycles. The number of methoxy groups -OCH3 is 2. The molecule has 2 aliphatic rings. The zero-order valence-corrected chi connectivity index (χ0v) is 41.3. The van der Waals surface area contributed by atoms with Crippen molar-refractivity contribution in [3.8, 4) is 57.5 Å². The van der Waals surface area contributed by atoms with Gasteiger partial charge in [0.1, 0.15) is 46.7 Å². The van der Waals surface area contributed by atoms with Crippen molar-refractivity contribution in [3.05, 3.63) is 185 Å². The summed E-state index contributed by atoms with van der Waals surface area (Å²) in [6.45, 7) is 0. The van der Waals surface area contributed by atoms with Gasteiger partial charge in [-0.25, -0.2) is 10.9 Å². The molecule has 0 spiro atoms. The summed E-state index contributed by atoms with van der Waals surface area (Å²) < 4.78 is 22.1. The summed E-state index contributed by atoms with van der Waals surface area (Å²) >= 11 is 0. The standard InChI is InChI=1S/2C23H20N2O6.3HNO3.Sm/c2*1-30-19-8-7-14(9-17(19)27)20-12-16(22-18(28)10-15(26)11-21(22)31-20)24-25-23(29)13-5-3-2-4-6-13;3*2-1(3)4;/h2*2-11,20,26-28H,12H2,1H3,(H,25,29);3*(H,2,3,4);/q;;;;;+3/b2*24-16+;;;;. The molecule has 6 aromatic rings. The molecule has 2 heterocycles. The fourth-order valence-corrected chi connectivity index (χ4v) is 6.82. The Balaban J connectivity index is 0.000000322. The molecule has 0 aromatic heterocycles. The van der Waals surface area contributed by atoms with Gasteiger partial charge in [0.25, 0.3) is 27.1 Å². The van der Waals surface area contributed by atoms with Crippen LogP contribution < -0.4 is 29.8 Å². The van der Waals surface area contributed by atoms with Crippen LogP contribution in [0.2, 0.25) is 0 Å². The molecular weight excluding hydrogens is 1140 g/mol. The Labute approximate surface area is 454 Å². The molecule has 1 radical (unpaired) electrons. The zero-order chi connectivity index (χ0) is 54.6. The van der Waals surface area contributed by atoms with Gasteiger partial charge in [0, 0.05) is 48.2 Å². The molecule has 6 aromatic carbocycles. The molecule has 0 bridgehead atoms. The van der Waals surface area contributed by atoms with Crippen LogP contribution in [-0.4, -0.2) is 99.0 Å². The third-order valence-electron chi connectivity index (χ3n) is 9.81.